The Kier molecular flexibility index (Phi) is 16.2. The lowest BCUT2D eigenvalue weighted by Gasteiger charge is -2.06. The Morgan fingerprint density at radius 2 is 1.39 bits per heavy atom. The van der Waals surface area contributed by atoms with E-state index in [1.165, 1.54) is 96.3 Å². The zero-order valence-electron chi connectivity index (χ0n) is 24.9. The van der Waals surface area contributed by atoms with Crippen molar-refractivity contribution in [2.45, 2.75) is 123 Å². The highest BCUT2D eigenvalue weighted by Crippen LogP contribution is 2.24. The summed E-state index contributed by atoms with van der Waals surface area (Å²) in [5.74, 6) is 0.700. The lowest BCUT2D eigenvalue weighted by atomic mass is 10.0. The Morgan fingerprint density at radius 1 is 0.805 bits per heavy atom. The van der Waals surface area contributed by atoms with Crippen LogP contribution >= 0.6 is 15.9 Å². The molecule has 224 valence electrons. The number of nitrogens with zero attached hydrogens (tertiary/aromatic N) is 4. The maximum Gasteiger partial charge on any atom is 0.134 e. The monoisotopic (exact) mass is 624 g/mol. The summed E-state index contributed by atoms with van der Waals surface area (Å²) in [5, 5.41) is 18.8. The lowest BCUT2D eigenvalue weighted by molar-refractivity contribution is 0.299. The van der Waals surface area contributed by atoms with E-state index in [0.29, 0.717) is 17.9 Å². The summed E-state index contributed by atoms with van der Waals surface area (Å²) in [6, 6.07) is 12.9. The molecule has 0 fully saturated rings. The predicted molar refractivity (Wildman–Crippen MR) is 173 cm³/mol. The second-order valence-corrected chi connectivity index (χ2v) is 11.9. The zero-order chi connectivity index (χ0) is 29.0. The van der Waals surface area contributed by atoms with Crippen LogP contribution < -0.4 is 4.74 Å². The van der Waals surface area contributed by atoms with Gasteiger partial charge < -0.3 is 9.84 Å². The number of rotatable bonds is 22. The van der Waals surface area contributed by atoms with Crippen molar-refractivity contribution in [2.24, 2.45) is 4.99 Å². The third-order valence-electron chi connectivity index (χ3n) is 7.39. The van der Waals surface area contributed by atoms with Crippen LogP contribution in [-0.2, 0) is 13.2 Å². The van der Waals surface area contributed by atoms with Crippen molar-refractivity contribution in [3.05, 3.63) is 64.4 Å². The van der Waals surface area contributed by atoms with Gasteiger partial charge in [-0.1, -0.05) is 124 Å². The molecule has 7 heteroatoms. The molecule has 0 atom stereocenters. The van der Waals surface area contributed by atoms with Crippen LogP contribution in [0, 0.1) is 0 Å². The van der Waals surface area contributed by atoms with E-state index in [-0.39, 0.29) is 5.75 Å². The van der Waals surface area contributed by atoms with Crippen LogP contribution in [0.25, 0.3) is 0 Å². The molecule has 0 spiro atoms. The average Bonchev–Trinajstić information content (AvgIpc) is 3.44. The molecular formula is C34H49BrN4O2. The molecule has 0 amide bonds. The van der Waals surface area contributed by atoms with Crippen LogP contribution in [0.15, 0.2) is 58.1 Å². The number of benzene rings is 2. The third-order valence-corrected chi connectivity index (χ3v) is 7.92. The molecule has 1 heterocycles. The average molecular weight is 626 g/mol. The van der Waals surface area contributed by atoms with E-state index in [1.54, 1.807) is 18.3 Å². The highest BCUT2D eigenvalue weighted by molar-refractivity contribution is 9.10. The first-order valence-corrected chi connectivity index (χ1v) is 16.6. The van der Waals surface area contributed by atoms with Gasteiger partial charge in [-0.25, -0.2) is 0 Å². The van der Waals surface area contributed by atoms with Gasteiger partial charge in [-0.2, -0.15) is 0 Å². The van der Waals surface area contributed by atoms with E-state index in [1.807, 2.05) is 41.2 Å². The first kappa shape index (κ1) is 32.8. The van der Waals surface area contributed by atoms with Gasteiger partial charge in [0, 0.05) is 28.9 Å². The molecule has 6 nitrogen and oxygen atoms in total. The van der Waals surface area contributed by atoms with Gasteiger partial charge in [-0.3, -0.25) is 9.67 Å². The van der Waals surface area contributed by atoms with Crippen LogP contribution in [0.3, 0.4) is 0 Å². The van der Waals surface area contributed by atoms with Crippen LogP contribution in [0.5, 0.6) is 11.5 Å². The fraction of sp³-hybridized carbons (Fsp3) is 0.559. The number of aliphatic imine (C=N–C) groups is 1. The standard InChI is InChI=1S/C34H49BrN4O2/c1-2-3-4-5-6-7-8-9-10-11-12-13-14-15-16-17-24-39-27-32(37-38-39)28-41-33-23-18-29(34(40)25-33)26-36-31-21-19-30(35)20-22-31/h18-23,25-27,40H,2-17,24,28H2,1H3. The normalized spacial score (nSPS) is 11.5. The Balaban J connectivity index is 1.20. The lowest BCUT2D eigenvalue weighted by Crippen LogP contribution is -1.99. The van der Waals surface area contributed by atoms with Gasteiger partial charge in [0.05, 0.1) is 11.9 Å². The highest BCUT2D eigenvalue weighted by atomic mass is 79.9. The van der Waals surface area contributed by atoms with E-state index >= 15 is 0 Å². The number of halogens is 1. The van der Waals surface area contributed by atoms with Crippen molar-refractivity contribution in [3.8, 4) is 11.5 Å². The fourth-order valence-electron chi connectivity index (χ4n) is 4.89. The minimum atomic E-state index is 0.121. The summed E-state index contributed by atoms with van der Waals surface area (Å²) in [4.78, 5) is 4.41. The molecule has 0 saturated carbocycles. The number of ether oxygens (including phenoxy) is 1. The quantitative estimate of drug-likeness (QED) is 0.0891. The first-order chi connectivity index (χ1) is 20.1. The maximum absolute atomic E-state index is 10.4. The summed E-state index contributed by atoms with van der Waals surface area (Å²) in [6.45, 7) is 3.48. The number of phenols is 1. The molecule has 0 aliphatic carbocycles. The summed E-state index contributed by atoms with van der Waals surface area (Å²) in [6.07, 6.45) is 25.5. The number of hydrogen-bond donors (Lipinski definition) is 1. The molecule has 1 aromatic heterocycles. The Bertz CT molecular complexity index is 1130. The van der Waals surface area contributed by atoms with Gasteiger partial charge in [0.25, 0.3) is 0 Å². The van der Waals surface area contributed by atoms with Crippen molar-refractivity contribution in [1.29, 1.82) is 0 Å². The Hall–Kier alpha value is -2.67. The minimum Gasteiger partial charge on any atom is -0.507 e. The molecule has 0 aliphatic heterocycles. The van der Waals surface area contributed by atoms with Crippen molar-refractivity contribution >= 4 is 27.8 Å². The van der Waals surface area contributed by atoms with E-state index in [2.05, 4.69) is 38.2 Å². The second kappa shape index (κ2) is 20.2. The molecule has 0 unspecified atom stereocenters. The molecule has 0 radical (unpaired) electrons. The third kappa shape index (κ3) is 14.2. The largest absolute Gasteiger partial charge is 0.507 e. The minimum absolute atomic E-state index is 0.121. The molecule has 0 aliphatic rings. The van der Waals surface area contributed by atoms with Gasteiger partial charge in [-0.15, -0.1) is 5.10 Å². The van der Waals surface area contributed by atoms with Crippen LogP contribution in [-0.4, -0.2) is 26.3 Å². The van der Waals surface area contributed by atoms with Crippen molar-refractivity contribution < 1.29 is 9.84 Å². The molecular weight excluding hydrogens is 576 g/mol. The molecule has 3 aromatic rings. The number of aromatic nitrogens is 3. The SMILES string of the molecule is CCCCCCCCCCCCCCCCCCn1cc(COc2ccc(C=Nc3ccc(Br)cc3)c(O)c2)nn1. The Morgan fingerprint density at radius 3 is 1.98 bits per heavy atom. The number of aryl methyl sites for hydroxylation is 1. The number of unbranched alkanes of at least 4 members (excludes halogenated alkanes) is 15. The van der Waals surface area contributed by atoms with Crippen LogP contribution in [0.4, 0.5) is 5.69 Å². The van der Waals surface area contributed by atoms with E-state index < -0.39 is 0 Å². The molecule has 1 N–H and O–H groups in total. The fourth-order valence-corrected chi connectivity index (χ4v) is 5.15. The van der Waals surface area contributed by atoms with E-state index in [9.17, 15) is 5.11 Å². The number of hydrogen-bond acceptors (Lipinski definition) is 5. The van der Waals surface area contributed by atoms with Crippen molar-refractivity contribution in [2.75, 3.05) is 0 Å². The number of aromatic hydroxyl groups is 1. The molecule has 3 rings (SSSR count). The van der Waals surface area contributed by atoms with Gasteiger partial charge in [0.15, 0.2) is 0 Å². The summed E-state index contributed by atoms with van der Waals surface area (Å²) in [7, 11) is 0. The van der Waals surface area contributed by atoms with Crippen molar-refractivity contribution in [3.63, 3.8) is 0 Å². The van der Waals surface area contributed by atoms with Gasteiger partial charge in [0.1, 0.15) is 23.8 Å². The molecule has 41 heavy (non-hydrogen) atoms. The van der Waals surface area contributed by atoms with Crippen molar-refractivity contribution in [1.82, 2.24) is 15.0 Å². The predicted octanol–water partition coefficient (Wildman–Crippen LogP) is 10.3. The summed E-state index contributed by atoms with van der Waals surface area (Å²) >= 11 is 3.41. The molecule has 0 saturated heterocycles. The first-order valence-electron chi connectivity index (χ1n) is 15.8. The second-order valence-electron chi connectivity index (χ2n) is 11.0. The smallest absolute Gasteiger partial charge is 0.134 e. The maximum atomic E-state index is 10.4. The Labute approximate surface area is 255 Å². The zero-order valence-corrected chi connectivity index (χ0v) is 26.5. The summed E-state index contributed by atoms with van der Waals surface area (Å²) < 4.78 is 8.73. The van der Waals surface area contributed by atoms with Crippen LogP contribution in [0.2, 0.25) is 0 Å². The topological polar surface area (TPSA) is 72.5 Å². The highest BCUT2D eigenvalue weighted by Gasteiger charge is 2.05. The van der Waals surface area contributed by atoms with Gasteiger partial charge >= 0.3 is 0 Å². The van der Waals surface area contributed by atoms with Crippen LogP contribution in [0.1, 0.15) is 121 Å². The molecule has 2 aromatic carbocycles. The van der Waals surface area contributed by atoms with E-state index in [0.717, 1.165) is 28.8 Å². The van der Waals surface area contributed by atoms with Gasteiger partial charge in [0.2, 0.25) is 0 Å². The summed E-state index contributed by atoms with van der Waals surface area (Å²) in [5.41, 5.74) is 2.22. The van der Waals surface area contributed by atoms with Gasteiger partial charge in [-0.05, 0) is 42.8 Å². The molecule has 0 bridgehead atoms. The van der Waals surface area contributed by atoms with E-state index in [4.69, 9.17) is 4.74 Å². The number of phenolic OH excluding ortho intramolecular Hbond substituents is 1.